The van der Waals surface area contributed by atoms with Crippen LogP contribution in [0.5, 0.6) is 5.75 Å². The number of hydrogen-bond acceptors (Lipinski definition) is 5. The molecule has 0 saturated heterocycles. The zero-order chi connectivity index (χ0) is 14.8. The number of aliphatic hydroxyl groups is 1. The van der Waals surface area contributed by atoms with E-state index in [4.69, 9.17) is 10.00 Å². The van der Waals surface area contributed by atoms with Crippen LogP contribution in [0.1, 0.15) is 12.0 Å². The van der Waals surface area contributed by atoms with Crippen molar-refractivity contribution in [3.05, 3.63) is 29.8 Å². The molecule has 0 radical (unpaired) electrons. The molecule has 6 heteroatoms. The van der Waals surface area contributed by atoms with Gasteiger partial charge in [0.2, 0.25) is 5.91 Å². The Morgan fingerprint density at radius 3 is 3.05 bits per heavy atom. The SMILES string of the molecule is CNC(=O)CCNCC(O)COc1cccc(C#N)c1. The first kappa shape index (κ1) is 16.0. The van der Waals surface area contributed by atoms with Crippen molar-refractivity contribution in [2.75, 3.05) is 26.7 Å². The summed E-state index contributed by atoms with van der Waals surface area (Å²) in [5, 5.41) is 23.9. The van der Waals surface area contributed by atoms with Crippen molar-refractivity contribution in [3.8, 4) is 11.8 Å². The summed E-state index contributed by atoms with van der Waals surface area (Å²) in [4.78, 5) is 11.0. The summed E-state index contributed by atoms with van der Waals surface area (Å²) in [5.74, 6) is 0.505. The Hall–Kier alpha value is -2.10. The molecular formula is C14H19N3O3. The molecule has 1 unspecified atom stereocenters. The minimum atomic E-state index is -0.676. The molecule has 0 heterocycles. The lowest BCUT2D eigenvalue weighted by atomic mass is 10.2. The van der Waals surface area contributed by atoms with Gasteiger partial charge in [0.1, 0.15) is 18.5 Å². The lowest BCUT2D eigenvalue weighted by molar-refractivity contribution is -0.120. The topological polar surface area (TPSA) is 94.4 Å². The molecule has 0 fully saturated rings. The maximum atomic E-state index is 11.0. The average molecular weight is 277 g/mol. The minimum Gasteiger partial charge on any atom is -0.491 e. The number of aliphatic hydroxyl groups excluding tert-OH is 1. The standard InChI is InChI=1S/C14H19N3O3/c1-16-14(19)5-6-17-9-12(18)10-20-13-4-2-3-11(7-13)8-15/h2-4,7,12,17-18H,5-6,9-10H2,1H3,(H,16,19). The second-order valence-corrected chi connectivity index (χ2v) is 4.23. The Morgan fingerprint density at radius 2 is 2.35 bits per heavy atom. The summed E-state index contributed by atoms with van der Waals surface area (Å²) in [7, 11) is 1.58. The molecule has 1 rings (SSSR count). The van der Waals surface area contributed by atoms with Crippen LogP contribution in [0.3, 0.4) is 0 Å². The van der Waals surface area contributed by atoms with Crippen LogP contribution < -0.4 is 15.4 Å². The number of benzene rings is 1. The van der Waals surface area contributed by atoms with Crippen molar-refractivity contribution in [2.45, 2.75) is 12.5 Å². The van der Waals surface area contributed by atoms with Crippen molar-refractivity contribution >= 4 is 5.91 Å². The highest BCUT2D eigenvalue weighted by molar-refractivity contribution is 5.75. The highest BCUT2D eigenvalue weighted by atomic mass is 16.5. The van der Waals surface area contributed by atoms with Gasteiger partial charge in [0.05, 0.1) is 11.6 Å². The van der Waals surface area contributed by atoms with Crippen LogP contribution in [-0.4, -0.2) is 43.9 Å². The van der Waals surface area contributed by atoms with Crippen molar-refractivity contribution in [3.63, 3.8) is 0 Å². The number of amides is 1. The summed E-state index contributed by atoms with van der Waals surface area (Å²) in [6.07, 6.45) is -0.306. The average Bonchev–Trinajstić information content (AvgIpc) is 2.49. The molecule has 0 bridgehead atoms. The second-order valence-electron chi connectivity index (χ2n) is 4.23. The summed E-state index contributed by atoms with van der Waals surface area (Å²) in [5.41, 5.74) is 0.515. The van der Waals surface area contributed by atoms with E-state index in [0.717, 1.165) is 0 Å². The van der Waals surface area contributed by atoms with Crippen LogP contribution >= 0.6 is 0 Å². The van der Waals surface area contributed by atoms with Gasteiger partial charge in [-0.3, -0.25) is 4.79 Å². The number of carbonyl (C=O) groups is 1. The molecule has 6 nitrogen and oxygen atoms in total. The van der Waals surface area contributed by atoms with Crippen molar-refractivity contribution in [2.24, 2.45) is 0 Å². The van der Waals surface area contributed by atoms with Crippen LogP contribution in [0.4, 0.5) is 0 Å². The molecule has 0 aromatic heterocycles. The van der Waals surface area contributed by atoms with Crippen molar-refractivity contribution in [1.29, 1.82) is 5.26 Å². The summed E-state index contributed by atoms with van der Waals surface area (Å²) < 4.78 is 5.39. The molecule has 20 heavy (non-hydrogen) atoms. The Kier molecular flexibility index (Phi) is 7.11. The van der Waals surface area contributed by atoms with E-state index in [1.807, 2.05) is 6.07 Å². The van der Waals surface area contributed by atoms with Gasteiger partial charge in [-0.1, -0.05) is 6.07 Å². The first-order chi connectivity index (χ1) is 9.65. The Morgan fingerprint density at radius 1 is 1.55 bits per heavy atom. The van der Waals surface area contributed by atoms with E-state index >= 15 is 0 Å². The van der Waals surface area contributed by atoms with Crippen LogP contribution in [0.2, 0.25) is 0 Å². The molecular weight excluding hydrogens is 258 g/mol. The third kappa shape index (κ3) is 6.18. The molecule has 1 atom stereocenters. The summed E-state index contributed by atoms with van der Waals surface area (Å²) in [6.45, 7) is 0.970. The fourth-order valence-electron chi connectivity index (χ4n) is 1.50. The van der Waals surface area contributed by atoms with Gasteiger partial charge in [-0.05, 0) is 18.2 Å². The highest BCUT2D eigenvalue weighted by Crippen LogP contribution is 2.12. The van der Waals surface area contributed by atoms with Gasteiger partial charge in [-0.25, -0.2) is 0 Å². The van der Waals surface area contributed by atoms with Crippen LogP contribution in [0, 0.1) is 11.3 Å². The highest BCUT2D eigenvalue weighted by Gasteiger charge is 2.06. The molecule has 108 valence electrons. The fraction of sp³-hybridized carbons (Fsp3) is 0.429. The lowest BCUT2D eigenvalue weighted by Gasteiger charge is -2.13. The van der Waals surface area contributed by atoms with E-state index < -0.39 is 6.10 Å². The second kappa shape index (κ2) is 8.91. The number of carbonyl (C=O) groups excluding carboxylic acids is 1. The van der Waals surface area contributed by atoms with Gasteiger partial charge in [-0.2, -0.15) is 5.26 Å². The van der Waals surface area contributed by atoms with Gasteiger partial charge >= 0.3 is 0 Å². The molecule has 1 amide bonds. The molecule has 0 aliphatic rings. The van der Waals surface area contributed by atoms with E-state index in [1.54, 1.807) is 31.3 Å². The number of nitriles is 1. The normalized spacial score (nSPS) is 11.4. The zero-order valence-electron chi connectivity index (χ0n) is 11.4. The lowest BCUT2D eigenvalue weighted by Crippen LogP contribution is -2.33. The van der Waals surface area contributed by atoms with E-state index in [9.17, 15) is 9.90 Å². The molecule has 0 saturated carbocycles. The number of nitrogens with one attached hydrogen (secondary N) is 2. The smallest absolute Gasteiger partial charge is 0.221 e. The van der Waals surface area contributed by atoms with E-state index in [0.29, 0.717) is 30.8 Å². The first-order valence-electron chi connectivity index (χ1n) is 6.38. The number of nitrogens with zero attached hydrogens (tertiary/aromatic N) is 1. The Balaban J connectivity index is 2.21. The zero-order valence-corrected chi connectivity index (χ0v) is 11.4. The Bertz CT molecular complexity index is 471. The molecule has 0 spiro atoms. The first-order valence-corrected chi connectivity index (χ1v) is 6.38. The van der Waals surface area contributed by atoms with Crippen molar-refractivity contribution in [1.82, 2.24) is 10.6 Å². The predicted molar refractivity (Wildman–Crippen MR) is 74.2 cm³/mol. The third-order valence-corrected chi connectivity index (χ3v) is 2.59. The Labute approximate surface area is 118 Å². The molecule has 3 N–H and O–H groups in total. The molecule has 1 aromatic rings. The van der Waals surface area contributed by atoms with Crippen molar-refractivity contribution < 1.29 is 14.6 Å². The van der Waals surface area contributed by atoms with Gasteiger partial charge in [0.15, 0.2) is 0 Å². The van der Waals surface area contributed by atoms with E-state index in [-0.39, 0.29) is 12.5 Å². The van der Waals surface area contributed by atoms with E-state index in [2.05, 4.69) is 10.6 Å². The van der Waals surface area contributed by atoms with E-state index in [1.165, 1.54) is 0 Å². The number of hydrogen-bond donors (Lipinski definition) is 3. The van der Waals surface area contributed by atoms with Crippen LogP contribution in [-0.2, 0) is 4.79 Å². The number of rotatable bonds is 8. The van der Waals surface area contributed by atoms with Crippen LogP contribution in [0.25, 0.3) is 0 Å². The maximum Gasteiger partial charge on any atom is 0.221 e. The third-order valence-electron chi connectivity index (χ3n) is 2.59. The quantitative estimate of drug-likeness (QED) is 0.583. The predicted octanol–water partition coefficient (Wildman–Crippen LogP) is 0.0237. The minimum absolute atomic E-state index is 0.0449. The summed E-state index contributed by atoms with van der Waals surface area (Å²) >= 11 is 0. The van der Waals surface area contributed by atoms with Crippen LogP contribution in [0.15, 0.2) is 24.3 Å². The van der Waals surface area contributed by atoms with Gasteiger partial charge in [-0.15, -0.1) is 0 Å². The monoisotopic (exact) mass is 277 g/mol. The largest absolute Gasteiger partial charge is 0.491 e. The molecule has 1 aromatic carbocycles. The van der Waals surface area contributed by atoms with Gasteiger partial charge in [0.25, 0.3) is 0 Å². The maximum absolute atomic E-state index is 11.0. The van der Waals surface area contributed by atoms with Gasteiger partial charge < -0.3 is 20.5 Å². The van der Waals surface area contributed by atoms with Gasteiger partial charge in [0, 0.05) is 26.6 Å². The number of ether oxygens (including phenoxy) is 1. The molecule has 0 aliphatic heterocycles. The molecule has 0 aliphatic carbocycles. The fourth-order valence-corrected chi connectivity index (χ4v) is 1.50. The summed E-state index contributed by atoms with van der Waals surface area (Å²) in [6, 6.07) is 8.77.